The maximum Gasteiger partial charge on any atom is 0.344 e. The third-order valence-electron chi connectivity index (χ3n) is 4.57. The SMILES string of the molecule is CCOc1ccc(C(=O)Nc2cccc(-c3cc4ccccc4oc3=O)c2)cc1Cl. The quantitative estimate of drug-likeness (QED) is 0.417. The highest BCUT2D eigenvalue weighted by Gasteiger charge is 2.12. The molecular weight excluding hydrogens is 402 g/mol. The molecule has 6 heteroatoms. The molecule has 0 aliphatic heterocycles. The normalized spacial score (nSPS) is 10.7. The van der Waals surface area contributed by atoms with E-state index >= 15 is 0 Å². The summed E-state index contributed by atoms with van der Waals surface area (Å²) in [5.41, 5.74) is 2.12. The molecule has 150 valence electrons. The van der Waals surface area contributed by atoms with Crippen LogP contribution in [0, 0.1) is 0 Å². The Kier molecular flexibility index (Phi) is 5.55. The first-order valence-corrected chi connectivity index (χ1v) is 9.80. The molecule has 1 amide bonds. The molecule has 0 spiro atoms. The summed E-state index contributed by atoms with van der Waals surface area (Å²) < 4.78 is 10.8. The molecule has 0 saturated carbocycles. The Hall–Kier alpha value is -3.57. The van der Waals surface area contributed by atoms with Crippen LogP contribution in [0.3, 0.4) is 0 Å². The monoisotopic (exact) mass is 419 g/mol. The largest absolute Gasteiger partial charge is 0.492 e. The van der Waals surface area contributed by atoms with Gasteiger partial charge in [-0.25, -0.2) is 4.79 Å². The zero-order valence-electron chi connectivity index (χ0n) is 16.1. The number of rotatable bonds is 5. The summed E-state index contributed by atoms with van der Waals surface area (Å²) in [6, 6.07) is 21.0. The van der Waals surface area contributed by atoms with Gasteiger partial charge >= 0.3 is 5.63 Å². The van der Waals surface area contributed by atoms with E-state index in [9.17, 15) is 9.59 Å². The average molecular weight is 420 g/mol. The third-order valence-corrected chi connectivity index (χ3v) is 4.86. The smallest absolute Gasteiger partial charge is 0.344 e. The Morgan fingerprint density at radius 3 is 2.67 bits per heavy atom. The second-order valence-electron chi connectivity index (χ2n) is 6.60. The van der Waals surface area contributed by atoms with Crippen molar-refractivity contribution in [2.45, 2.75) is 6.92 Å². The van der Waals surface area contributed by atoms with Crippen LogP contribution in [-0.4, -0.2) is 12.5 Å². The minimum absolute atomic E-state index is 0.317. The number of para-hydroxylation sites is 1. The number of halogens is 1. The van der Waals surface area contributed by atoms with E-state index < -0.39 is 5.63 Å². The van der Waals surface area contributed by atoms with Gasteiger partial charge in [-0.1, -0.05) is 41.9 Å². The first-order valence-electron chi connectivity index (χ1n) is 9.42. The molecule has 0 unspecified atom stereocenters. The maximum absolute atomic E-state index is 12.6. The van der Waals surface area contributed by atoms with Crippen LogP contribution < -0.4 is 15.7 Å². The van der Waals surface area contributed by atoms with Gasteiger partial charge in [0.05, 0.1) is 17.2 Å². The van der Waals surface area contributed by atoms with Gasteiger partial charge in [0.15, 0.2) is 0 Å². The van der Waals surface area contributed by atoms with Crippen LogP contribution in [-0.2, 0) is 0 Å². The topological polar surface area (TPSA) is 68.5 Å². The number of anilines is 1. The summed E-state index contributed by atoms with van der Waals surface area (Å²) in [6.07, 6.45) is 0. The van der Waals surface area contributed by atoms with Crippen molar-refractivity contribution in [1.29, 1.82) is 0 Å². The lowest BCUT2D eigenvalue weighted by Crippen LogP contribution is -2.12. The van der Waals surface area contributed by atoms with Gasteiger partial charge in [0.1, 0.15) is 11.3 Å². The van der Waals surface area contributed by atoms with E-state index in [0.29, 0.717) is 45.3 Å². The van der Waals surface area contributed by atoms with Gasteiger partial charge in [0, 0.05) is 16.6 Å². The van der Waals surface area contributed by atoms with Crippen LogP contribution in [0.5, 0.6) is 5.75 Å². The summed E-state index contributed by atoms with van der Waals surface area (Å²) in [5, 5.41) is 4.02. The number of ether oxygens (including phenoxy) is 1. The lowest BCUT2D eigenvalue weighted by Gasteiger charge is -2.10. The first-order chi connectivity index (χ1) is 14.5. The van der Waals surface area contributed by atoms with Gasteiger partial charge in [0.2, 0.25) is 0 Å². The van der Waals surface area contributed by atoms with Crippen molar-refractivity contribution in [3.05, 3.63) is 93.8 Å². The molecular formula is C24H18ClNO4. The van der Waals surface area contributed by atoms with Crippen molar-refractivity contribution in [2.24, 2.45) is 0 Å². The maximum atomic E-state index is 12.6. The van der Waals surface area contributed by atoms with E-state index in [1.807, 2.05) is 25.1 Å². The number of benzene rings is 3. The summed E-state index contributed by atoms with van der Waals surface area (Å²) in [4.78, 5) is 25.1. The average Bonchev–Trinajstić information content (AvgIpc) is 2.75. The van der Waals surface area contributed by atoms with Crippen molar-refractivity contribution in [2.75, 3.05) is 11.9 Å². The molecule has 0 atom stereocenters. The summed E-state index contributed by atoms with van der Waals surface area (Å²) in [6.45, 7) is 2.35. The van der Waals surface area contributed by atoms with Gasteiger partial charge in [-0.2, -0.15) is 0 Å². The van der Waals surface area contributed by atoms with Crippen LogP contribution in [0.25, 0.3) is 22.1 Å². The van der Waals surface area contributed by atoms with Gasteiger partial charge in [-0.15, -0.1) is 0 Å². The number of carbonyl (C=O) groups is 1. The van der Waals surface area contributed by atoms with Crippen LogP contribution in [0.1, 0.15) is 17.3 Å². The number of hydrogen-bond acceptors (Lipinski definition) is 4. The second-order valence-corrected chi connectivity index (χ2v) is 7.01. The highest BCUT2D eigenvalue weighted by molar-refractivity contribution is 6.32. The summed E-state index contributed by atoms with van der Waals surface area (Å²) in [7, 11) is 0. The fraction of sp³-hybridized carbons (Fsp3) is 0.0833. The number of hydrogen-bond donors (Lipinski definition) is 1. The number of nitrogens with one attached hydrogen (secondary N) is 1. The summed E-state index contributed by atoms with van der Waals surface area (Å²) in [5.74, 6) is 0.211. The van der Waals surface area contributed by atoms with Gasteiger partial charge < -0.3 is 14.5 Å². The van der Waals surface area contributed by atoms with Gasteiger partial charge in [-0.3, -0.25) is 4.79 Å². The lowest BCUT2D eigenvalue weighted by atomic mass is 10.1. The third kappa shape index (κ3) is 4.07. The Bertz CT molecular complexity index is 1300. The summed E-state index contributed by atoms with van der Waals surface area (Å²) >= 11 is 6.18. The molecule has 1 aromatic heterocycles. The Morgan fingerprint density at radius 1 is 1.03 bits per heavy atom. The molecule has 0 aliphatic rings. The molecule has 0 radical (unpaired) electrons. The molecule has 4 aromatic rings. The van der Waals surface area contributed by atoms with Crippen LogP contribution in [0.2, 0.25) is 5.02 Å². The predicted octanol–water partition coefficient (Wildman–Crippen LogP) is 5.76. The van der Waals surface area contributed by atoms with Crippen molar-refractivity contribution in [3.63, 3.8) is 0 Å². The van der Waals surface area contributed by atoms with E-state index in [4.69, 9.17) is 20.8 Å². The van der Waals surface area contributed by atoms with Gasteiger partial charge in [0.25, 0.3) is 5.91 Å². The zero-order valence-corrected chi connectivity index (χ0v) is 16.9. The highest BCUT2D eigenvalue weighted by atomic mass is 35.5. The number of carbonyl (C=O) groups excluding carboxylic acids is 1. The van der Waals surface area contributed by atoms with E-state index in [1.54, 1.807) is 54.6 Å². The van der Waals surface area contributed by atoms with E-state index in [2.05, 4.69) is 5.32 Å². The van der Waals surface area contributed by atoms with Crippen LogP contribution in [0.4, 0.5) is 5.69 Å². The molecule has 4 rings (SSSR count). The molecule has 0 bridgehead atoms. The second kappa shape index (κ2) is 8.43. The fourth-order valence-corrected chi connectivity index (χ4v) is 3.38. The molecule has 0 fully saturated rings. The fourth-order valence-electron chi connectivity index (χ4n) is 3.15. The van der Waals surface area contributed by atoms with Crippen LogP contribution >= 0.6 is 11.6 Å². The number of fused-ring (bicyclic) bond motifs is 1. The van der Waals surface area contributed by atoms with E-state index in [0.717, 1.165) is 5.39 Å². The van der Waals surface area contributed by atoms with E-state index in [-0.39, 0.29) is 5.91 Å². The Balaban J connectivity index is 1.61. The van der Waals surface area contributed by atoms with Crippen molar-refractivity contribution in [1.82, 2.24) is 0 Å². The van der Waals surface area contributed by atoms with Crippen molar-refractivity contribution < 1.29 is 13.9 Å². The van der Waals surface area contributed by atoms with Gasteiger partial charge in [-0.05, 0) is 55.0 Å². The van der Waals surface area contributed by atoms with E-state index in [1.165, 1.54) is 0 Å². The molecule has 30 heavy (non-hydrogen) atoms. The first kappa shape index (κ1) is 19.7. The van der Waals surface area contributed by atoms with Crippen molar-refractivity contribution >= 4 is 34.2 Å². The molecule has 3 aromatic carbocycles. The minimum atomic E-state index is -0.435. The van der Waals surface area contributed by atoms with Crippen molar-refractivity contribution in [3.8, 4) is 16.9 Å². The lowest BCUT2D eigenvalue weighted by molar-refractivity contribution is 0.102. The zero-order chi connectivity index (χ0) is 21.1. The molecule has 1 heterocycles. The number of amides is 1. The highest BCUT2D eigenvalue weighted by Crippen LogP contribution is 2.27. The van der Waals surface area contributed by atoms with Crippen LogP contribution in [0.15, 0.2) is 82.0 Å². The molecule has 1 N–H and O–H groups in total. The minimum Gasteiger partial charge on any atom is -0.492 e. The molecule has 0 aliphatic carbocycles. The Morgan fingerprint density at radius 2 is 1.87 bits per heavy atom. The predicted molar refractivity (Wildman–Crippen MR) is 118 cm³/mol. The molecule has 0 saturated heterocycles. The molecule has 5 nitrogen and oxygen atoms in total. The Labute approximate surface area is 177 Å². The standard InChI is InChI=1S/C24H18ClNO4/c1-2-29-22-11-10-17(14-20(22)25)23(27)26-18-8-5-7-15(12-18)19-13-16-6-3-4-9-21(16)30-24(19)28/h3-14H,2H2,1H3,(H,26,27).